The molecule has 1 amide bonds. The number of hydrogen-bond donors (Lipinski definition) is 3. The van der Waals surface area contributed by atoms with Gasteiger partial charge in [-0.2, -0.15) is 0 Å². The first-order valence-corrected chi connectivity index (χ1v) is 10.9. The molecule has 0 saturated heterocycles. The number of aliphatic carboxylic acids is 1. The van der Waals surface area contributed by atoms with Crippen molar-refractivity contribution in [3.63, 3.8) is 0 Å². The molecule has 0 aliphatic carbocycles. The van der Waals surface area contributed by atoms with Gasteiger partial charge in [0.15, 0.2) is 0 Å². The number of carbonyl (C=O) groups is 2. The summed E-state index contributed by atoms with van der Waals surface area (Å²) in [5, 5.41) is 16.1. The fourth-order valence-corrected chi connectivity index (χ4v) is 4.27. The summed E-state index contributed by atoms with van der Waals surface area (Å²) in [4.78, 5) is 26.5. The van der Waals surface area contributed by atoms with Crippen molar-refractivity contribution in [3.05, 3.63) is 89.7 Å². The van der Waals surface area contributed by atoms with Gasteiger partial charge in [-0.25, -0.2) is 4.39 Å². The summed E-state index contributed by atoms with van der Waals surface area (Å²) >= 11 is 0. The van der Waals surface area contributed by atoms with Crippen LogP contribution in [0.3, 0.4) is 0 Å². The summed E-state index contributed by atoms with van der Waals surface area (Å²) in [5.74, 6) is -1.70. The van der Waals surface area contributed by atoms with Crippen LogP contribution in [0.1, 0.15) is 42.1 Å². The Morgan fingerprint density at radius 2 is 1.73 bits per heavy atom. The van der Waals surface area contributed by atoms with E-state index in [2.05, 4.69) is 10.6 Å². The average molecular weight is 448 g/mol. The van der Waals surface area contributed by atoms with E-state index in [0.29, 0.717) is 18.7 Å². The molecular formula is C26H26FN3O3. The van der Waals surface area contributed by atoms with Gasteiger partial charge in [0.05, 0.1) is 24.3 Å². The fraction of sp³-hybridized carbons (Fsp3) is 0.231. The Morgan fingerprint density at radius 1 is 0.970 bits per heavy atom. The maximum atomic E-state index is 13.8. The number of amides is 1. The highest BCUT2D eigenvalue weighted by Gasteiger charge is 2.38. The molecule has 3 aromatic carbocycles. The maximum absolute atomic E-state index is 13.8. The van der Waals surface area contributed by atoms with E-state index < -0.39 is 17.4 Å². The van der Waals surface area contributed by atoms with E-state index >= 15 is 0 Å². The van der Waals surface area contributed by atoms with Gasteiger partial charge in [0.1, 0.15) is 11.5 Å². The standard InChI is InChI=1S/C26H26FN3O3/c1-2-13-26(16-24(31)32)28-22-12-11-21(15-23(22)29-26)30(17-18-7-4-3-5-8-18)25(33)19-9-6-10-20(27)14-19/h3-12,14-15,28-29H,2,13,16-17H2,1H3,(H,31,32). The topological polar surface area (TPSA) is 81.7 Å². The van der Waals surface area contributed by atoms with Crippen molar-refractivity contribution in [2.24, 2.45) is 0 Å². The van der Waals surface area contributed by atoms with Crippen LogP contribution in [0.15, 0.2) is 72.8 Å². The van der Waals surface area contributed by atoms with Gasteiger partial charge in [-0.1, -0.05) is 49.7 Å². The molecule has 1 atom stereocenters. The molecule has 6 nitrogen and oxygen atoms in total. The molecule has 0 saturated carbocycles. The summed E-state index contributed by atoms with van der Waals surface area (Å²) in [6, 6.07) is 20.7. The van der Waals surface area contributed by atoms with E-state index in [1.807, 2.05) is 55.5 Å². The molecule has 33 heavy (non-hydrogen) atoms. The van der Waals surface area contributed by atoms with Gasteiger partial charge in [0.2, 0.25) is 0 Å². The molecule has 4 rings (SSSR count). The van der Waals surface area contributed by atoms with Crippen molar-refractivity contribution in [2.45, 2.75) is 38.4 Å². The summed E-state index contributed by atoms with van der Waals surface area (Å²) < 4.78 is 13.8. The highest BCUT2D eigenvalue weighted by molar-refractivity contribution is 6.06. The lowest BCUT2D eigenvalue weighted by Crippen LogP contribution is -2.43. The molecule has 170 valence electrons. The van der Waals surface area contributed by atoms with Crippen molar-refractivity contribution in [2.75, 3.05) is 15.5 Å². The Morgan fingerprint density at radius 3 is 2.42 bits per heavy atom. The van der Waals surface area contributed by atoms with Crippen molar-refractivity contribution in [3.8, 4) is 0 Å². The Bertz CT molecular complexity index is 1170. The number of carboxylic acid groups (broad SMARTS) is 1. The van der Waals surface area contributed by atoms with Crippen LogP contribution in [0.2, 0.25) is 0 Å². The van der Waals surface area contributed by atoms with Crippen molar-refractivity contribution < 1.29 is 19.1 Å². The molecule has 0 aromatic heterocycles. The monoisotopic (exact) mass is 447 g/mol. The molecule has 1 aliphatic heterocycles. The van der Waals surface area contributed by atoms with Gasteiger partial charge in [-0.15, -0.1) is 0 Å². The number of benzene rings is 3. The Balaban J connectivity index is 1.69. The molecule has 1 unspecified atom stereocenters. The molecule has 3 N–H and O–H groups in total. The normalized spacial score (nSPS) is 16.4. The van der Waals surface area contributed by atoms with E-state index in [-0.39, 0.29) is 17.9 Å². The second kappa shape index (κ2) is 9.32. The van der Waals surface area contributed by atoms with Gasteiger partial charge >= 0.3 is 5.97 Å². The van der Waals surface area contributed by atoms with Gasteiger partial charge < -0.3 is 20.6 Å². The van der Waals surface area contributed by atoms with Crippen LogP contribution in [-0.2, 0) is 11.3 Å². The molecule has 0 fully saturated rings. The maximum Gasteiger partial charge on any atom is 0.307 e. The molecular weight excluding hydrogens is 421 g/mol. The molecule has 1 aliphatic rings. The number of nitrogens with zero attached hydrogens (tertiary/aromatic N) is 1. The van der Waals surface area contributed by atoms with Gasteiger partial charge in [-0.3, -0.25) is 9.59 Å². The van der Waals surface area contributed by atoms with E-state index in [9.17, 15) is 19.1 Å². The number of carboxylic acids is 1. The quantitative estimate of drug-likeness (QED) is 0.426. The predicted molar refractivity (Wildman–Crippen MR) is 127 cm³/mol. The molecule has 1 heterocycles. The summed E-state index contributed by atoms with van der Waals surface area (Å²) in [5.41, 5.74) is 2.55. The fourth-order valence-electron chi connectivity index (χ4n) is 4.27. The van der Waals surface area contributed by atoms with Crippen LogP contribution in [0.5, 0.6) is 0 Å². The summed E-state index contributed by atoms with van der Waals surface area (Å²) in [6.45, 7) is 2.30. The molecule has 7 heteroatoms. The van der Waals surface area contributed by atoms with Crippen molar-refractivity contribution in [1.82, 2.24) is 0 Å². The minimum atomic E-state index is -0.900. The first-order chi connectivity index (χ1) is 15.9. The zero-order valence-corrected chi connectivity index (χ0v) is 18.3. The summed E-state index contributed by atoms with van der Waals surface area (Å²) in [7, 11) is 0. The number of hydrogen-bond acceptors (Lipinski definition) is 4. The average Bonchev–Trinajstić information content (AvgIpc) is 3.14. The zero-order chi connectivity index (χ0) is 23.4. The third kappa shape index (κ3) is 4.98. The number of halogens is 1. The van der Waals surface area contributed by atoms with Crippen LogP contribution in [0, 0.1) is 5.82 Å². The van der Waals surface area contributed by atoms with Crippen molar-refractivity contribution >= 4 is 28.9 Å². The van der Waals surface area contributed by atoms with Crippen molar-refractivity contribution in [1.29, 1.82) is 0 Å². The summed E-state index contributed by atoms with van der Waals surface area (Å²) in [6.07, 6.45) is 1.34. The van der Waals surface area contributed by atoms with E-state index in [4.69, 9.17) is 0 Å². The Kier molecular flexibility index (Phi) is 6.31. The van der Waals surface area contributed by atoms with Crippen LogP contribution in [-0.4, -0.2) is 22.6 Å². The zero-order valence-electron chi connectivity index (χ0n) is 18.3. The number of anilines is 3. The minimum Gasteiger partial charge on any atom is -0.481 e. The number of fused-ring (bicyclic) bond motifs is 1. The minimum absolute atomic E-state index is 0.0825. The number of rotatable bonds is 8. The molecule has 3 aromatic rings. The lowest BCUT2D eigenvalue weighted by Gasteiger charge is -2.29. The smallest absolute Gasteiger partial charge is 0.307 e. The van der Waals surface area contributed by atoms with Gasteiger partial charge in [-0.05, 0) is 48.4 Å². The highest BCUT2D eigenvalue weighted by atomic mass is 19.1. The van der Waals surface area contributed by atoms with Crippen LogP contribution in [0.4, 0.5) is 21.5 Å². The van der Waals surface area contributed by atoms with Crippen LogP contribution < -0.4 is 15.5 Å². The van der Waals surface area contributed by atoms with Gasteiger partial charge in [0.25, 0.3) is 5.91 Å². The highest BCUT2D eigenvalue weighted by Crippen LogP contribution is 2.40. The third-order valence-corrected chi connectivity index (χ3v) is 5.69. The molecule has 0 radical (unpaired) electrons. The second-order valence-electron chi connectivity index (χ2n) is 8.27. The first-order valence-electron chi connectivity index (χ1n) is 10.9. The van der Waals surface area contributed by atoms with Gasteiger partial charge in [0, 0.05) is 11.3 Å². The number of carbonyl (C=O) groups excluding carboxylic acids is 1. The SMILES string of the molecule is CCCC1(CC(=O)O)Nc2ccc(N(Cc3ccccc3)C(=O)c3cccc(F)c3)cc2N1. The number of nitrogens with one attached hydrogen (secondary N) is 2. The lowest BCUT2D eigenvalue weighted by atomic mass is 10.0. The predicted octanol–water partition coefficient (Wildman–Crippen LogP) is 5.48. The van der Waals surface area contributed by atoms with E-state index in [0.717, 1.165) is 23.4 Å². The van der Waals surface area contributed by atoms with Crippen LogP contribution >= 0.6 is 0 Å². The van der Waals surface area contributed by atoms with E-state index in [1.165, 1.54) is 18.2 Å². The third-order valence-electron chi connectivity index (χ3n) is 5.69. The van der Waals surface area contributed by atoms with E-state index in [1.54, 1.807) is 11.0 Å². The molecule has 0 bridgehead atoms. The Hall–Kier alpha value is -3.87. The Labute approximate surface area is 192 Å². The molecule has 0 spiro atoms. The first kappa shape index (κ1) is 22.3. The second-order valence-corrected chi connectivity index (χ2v) is 8.27. The lowest BCUT2D eigenvalue weighted by molar-refractivity contribution is -0.138. The van der Waals surface area contributed by atoms with Crippen LogP contribution in [0.25, 0.3) is 0 Å². The largest absolute Gasteiger partial charge is 0.481 e.